The molecule has 1 aromatic heterocycles. The van der Waals surface area contributed by atoms with Gasteiger partial charge in [-0.25, -0.2) is 0 Å². The zero-order valence-electron chi connectivity index (χ0n) is 10.1. The lowest BCUT2D eigenvalue weighted by molar-refractivity contribution is 0.0915. The van der Waals surface area contributed by atoms with E-state index < -0.39 is 0 Å². The van der Waals surface area contributed by atoms with E-state index >= 15 is 0 Å². The largest absolute Gasteiger partial charge is 0.350 e. The van der Waals surface area contributed by atoms with Gasteiger partial charge in [-0.3, -0.25) is 4.79 Å². The van der Waals surface area contributed by atoms with Crippen molar-refractivity contribution in [2.45, 2.75) is 26.3 Å². The number of hydrogen-bond acceptors (Lipinski definition) is 1. The Morgan fingerprint density at radius 1 is 1.35 bits per heavy atom. The van der Waals surface area contributed by atoms with Crippen LogP contribution >= 0.6 is 11.6 Å². The van der Waals surface area contributed by atoms with Gasteiger partial charge in [-0.2, -0.15) is 0 Å². The van der Waals surface area contributed by atoms with Crippen molar-refractivity contribution in [3.63, 3.8) is 0 Å². The molecule has 0 fully saturated rings. The smallest absolute Gasteiger partial charge is 0.268 e. The van der Waals surface area contributed by atoms with E-state index in [1.165, 1.54) is 0 Å². The van der Waals surface area contributed by atoms with E-state index in [0.717, 1.165) is 10.9 Å². The molecule has 2 aromatic rings. The number of halogens is 1. The molecule has 0 bridgehead atoms. The van der Waals surface area contributed by atoms with E-state index in [1.807, 2.05) is 39.0 Å². The number of rotatable bonds is 1. The average Bonchev–Trinajstić information content (AvgIpc) is 2.60. The number of aromatic nitrogens is 1. The van der Waals surface area contributed by atoms with E-state index in [1.54, 1.807) is 6.07 Å². The predicted octanol–water partition coefficient (Wildman–Crippen LogP) is 3.35. The number of amides is 1. The molecule has 1 heterocycles. The lowest BCUT2D eigenvalue weighted by atomic mass is 10.1. The Morgan fingerprint density at radius 2 is 2.06 bits per heavy atom. The summed E-state index contributed by atoms with van der Waals surface area (Å²) in [6.45, 7) is 5.83. The lowest BCUT2D eigenvalue weighted by Gasteiger charge is -2.19. The summed E-state index contributed by atoms with van der Waals surface area (Å²) >= 11 is 6.06. The molecular formula is C13H15ClN2O. The Hall–Kier alpha value is -1.48. The Bertz CT molecular complexity index is 566. The first-order valence-electron chi connectivity index (χ1n) is 5.46. The number of H-pyrrole nitrogens is 1. The molecule has 0 aliphatic carbocycles. The first kappa shape index (κ1) is 12.0. The van der Waals surface area contributed by atoms with E-state index in [4.69, 9.17) is 11.6 Å². The number of carbonyl (C=O) groups excluding carboxylic acids is 1. The van der Waals surface area contributed by atoms with Gasteiger partial charge in [0.2, 0.25) is 0 Å². The lowest BCUT2D eigenvalue weighted by Crippen LogP contribution is -2.40. The number of nitrogens with one attached hydrogen (secondary N) is 2. The second-order valence-electron chi connectivity index (χ2n) is 5.09. The van der Waals surface area contributed by atoms with Crippen molar-refractivity contribution in [3.8, 4) is 0 Å². The molecule has 3 nitrogen and oxygen atoms in total. The molecule has 90 valence electrons. The van der Waals surface area contributed by atoms with Gasteiger partial charge in [-0.1, -0.05) is 17.7 Å². The Kier molecular flexibility index (Phi) is 2.87. The van der Waals surface area contributed by atoms with E-state index in [-0.39, 0.29) is 11.4 Å². The fourth-order valence-corrected chi connectivity index (χ4v) is 1.88. The summed E-state index contributed by atoms with van der Waals surface area (Å²) in [5.41, 5.74) is 1.15. The van der Waals surface area contributed by atoms with Crippen LogP contribution in [-0.4, -0.2) is 16.4 Å². The monoisotopic (exact) mass is 250 g/mol. The van der Waals surface area contributed by atoms with E-state index in [2.05, 4.69) is 10.3 Å². The molecule has 17 heavy (non-hydrogen) atoms. The third kappa shape index (κ3) is 2.61. The molecule has 0 saturated heterocycles. The highest BCUT2D eigenvalue weighted by Gasteiger charge is 2.17. The topological polar surface area (TPSA) is 44.9 Å². The number of aromatic amines is 1. The standard InChI is InChI=1S/C13H15ClN2O/c1-13(2,3)16-12(17)11-7-8-9(14)5-4-6-10(8)15-11/h4-7,15H,1-3H3,(H,16,17). The molecular weight excluding hydrogens is 236 g/mol. The first-order valence-corrected chi connectivity index (χ1v) is 5.84. The van der Waals surface area contributed by atoms with Gasteiger partial charge < -0.3 is 10.3 Å². The van der Waals surface area contributed by atoms with E-state index in [9.17, 15) is 4.79 Å². The molecule has 0 spiro atoms. The summed E-state index contributed by atoms with van der Waals surface area (Å²) < 4.78 is 0. The molecule has 0 atom stereocenters. The zero-order valence-corrected chi connectivity index (χ0v) is 10.9. The maximum absolute atomic E-state index is 12.0. The summed E-state index contributed by atoms with van der Waals surface area (Å²) in [7, 11) is 0. The second-order valence-corrected chi connectivity index (χ2v) is 5.50. The maximum atomic E-state index is 12.0. The van der Waals surface area contributed by atoms with Crippen molar-refractivity contribution in [2.24, 2.45) is 0 Å². The summed E-state index contributed by atoms with van der Waals surface area (Å²) in [6, 6.07) is 7.34. The summed E-state index contributed by atoms with van der Waals surface area (Å²) in [6.07, 6.45) is 0. The summed E-state index contributed by atoms with van der Waals surface area (Å²) in [5, 5.41) is 4.42. The number of hydrogen-bond donors (Lipinski definition) is 2. The van der Waals surface area contributed by atoms with Crippen LogP contribution in [-0.2, 0) is 0 Å². The highest BCUT2D eigenvalue weighted by Crippen LogP contribution is 2.24. The highest BCUT2D eigenvalue weighted by molar-refractivity contribution is 6.35. The number of carbonyl (C=O) groups is 1. The van der Waals surface area contributed by atoms with Crippen LogP contribution in [0.2, 0.25) is 5.02 Å². The van der Waals surface area contributed by atoms with Crippen LogP contribution in [0.1, 0.15) is 31.3 Å². The van der Waals surface area contributed by atoms with Crippen LogP contribution in [0.15, 0.2) is 24.3 Å². The Morgan fingerprint density at radius 3 is 2.65 bits per heavy atom. The SMILES string of the molecule is CC(C)(C)NC(=O)c1cc2c(Cl)cccc2[nH]1. The third-order valence-electron chi connectivity index (χ3n) is 2.34. The van der Waals surface area contributed by atoms with Gasteiger partial charge in [0.1, 0.15) is 5.69 Å². The minimum Gasteiger partial charge on any atom is -0.350 e. The molecule has 2 N–H and O–H groups in total. The molecule has 2 rings (SSSR count). The van der Waals surface area contributed by atoms with Gasteiger partial charge in [0.05, 0.1) is 0 Å². The average molecular weight is 251 g/mol. The normalized spacial score (nSPS) is 11.8. The predicted molar refractivity (Wildman–Crippen MR) is 70.5 cm³/mol. The number of fused-ring (bicyclic) bond motifs is 1. The van der Waals surface area contributed by atoms with Crippen molar-refractivity contribution in [2.75, 3.05) is 0 Å². The third-order valence-corrected chi connectivity index (χ3v) is 2.67. The molecule has 1 amide bonds. The minimum absolute atomic E-state index is 0.121. The molecule has 1 aromatic carbocycles. The van der Waals surface area contributed by atoms with Gasteiger partial charge >= 0.3 is 0 Å². The maximum Gasteiger partial charge on any atom is 0.268 e. The fraction of sp³-hybridized carbons (Fsp3) is 0.308. The highest BCUT2D eigenvalue weighted by atomic mass is 35.5. The van der Waals surface area contributed by atoms with Crippen LogP contribution in [0.4, 0.5) is 0 Å². The van der Waals surface area contributed by atoms with Crippen molar-refractivity contribution in [1.29, 1.82) is 0 Å². The van der Waals surface area contributed by atoms with E-state index in [0.29, 0.717) is 10.7 Å². The molecule has 4 heteroatoms. The second kappa shape index (κ2) is 4.08. The Balaban J connectivity index is 2.37. The van der Waals surface area contributed by atoms with Crippen LogP contribution in [0.5, 0.6) is 0 Å². The summed E-state index contributed by atoms with van der Waals surface area (Å²) in [5.74, 6) is -0.121. The molecule has 0 aliphatic heterocycles. The van der Waals surface area contributed by atoms with Crippen molar-refractivity contribution < 1.29 is 4.79 Å². The Labute approximate surface area is 105 Å². The van der Waals surface area contributed by atoms with Crippen LogP contribution in [0.25, 0.3) is 10.9 Å². The van der Waals surface area contributed by atoms with Gasteiger partial charge in [0.25, 0.3) is 5.91 Å². The first-order chi connectivity index (χ1) is 7.87. The van der Waals surface area contributed by atoms with Crippen LogP contribution < -0.4 is 5.32 Å². The van der Waals surface area contributed by atoms with Gasteiger partial charge in [0, 0.05) is 21.5 Å². The van der Waals surface area contributed by atoms with Gasteiger partial charge in [-0.15, -0.1) is 0 Å². The summed E-state index contributed by atoms with van der Waals surface area (Å²) in [4.78, 5) is 15.0. The van der Waals surface area contributed by atoms with Gasteiger partial charge in [0.15, 0.2) is 0 Å². The van der Waals surface area contributed by atoms with Crippen LogP contribution in [0, 0.1) is 0 Å². The van der Waals surface area contributed by atoms with Crippen LogP contribution in [0.3, 0.4) is 0 Å². The zero-order chi connectivity index (χ0) is 12.6. The minimum atomic E-state index is -0.252. The fourth-order valence-electron chi connectivity index (χ4n) is 1.65. The molecule has 0 saturated carbocycles. The van der Waals surface area contributed by atoms with Gasteiger partial charge in [-0.05, 0) is 39.0 Å². The number of benzene rings is 1. The molecule has 0 aliphatic rings. The van der Waals surface area contributed by atoms with Crippen molar-refractivity contribution >= 4 is 28.4 Å². The molecule has 0 radical (unpaired) electrons. The molecule has 0 unspecified atom stereocenters. The van der Waals surface area contributed by atoms with Crippen molar-refractivity contribution in [3.05, 3.63) is 35.0 Å². The quantitative estimate of drug-likeness (QED) is 0.801. The van der Waals surface area contributed by atoms with Crippen molar-refractivity contribution in [1.82, 2.24) is 10.3 Å².